The van der Waals surface area contributed by atoms with Crippen molar-refractivity contribution >= 4 is 16.8 Å². The number of nitrogens with zero attached hydrogens (tertiary/aromatic N) is 5. The number of ether oxygens (including phenoxy) is 1. The Morgan fingerprint density at radius 1 is 1.06 bits per heavy atom. The van der Waals surface area contributed by atoms with Crippen LogP contribution in [0.4, 0.5) is 19.0 Å². The fraction of sp³-hybridized carbons (Fsp3) is 0.500. The smallest absolute Gasteiger partial charge is 0.416 e. The van der Waals surface area contributed by atoms with E-state index < -0.39 is 22.7 Å². The van der Waals surface area contributed by atoms with Gasteiger partial charge in [-0.25, -0.2) is 18.5 Å². The third-order valence-corrected chi connectivity index (χ3v) is 6.53. The van der Waals surface area contributed by atoms with E-state index in [1.54, 1.807) is 18.6 Å². The van der Waals surface area contributed by atoms with Crippen LogP contribution in [0, 0.1) is 0 Å². The van der Waals surface area contributed by atoms with Crippen LogP contribution in [0.25, 0.3) is 0 Å². The monoisotopic (exact) mass is 455 g/mol. The van der Waals surface area contributed by atoms with Gasteiger partial charge in [-0.2, -0.15) is 13.2 Å². The Balaban J connectivity index is 1.21. The van der Waals surface area contributed by atoms with Crippen molar-refractivity contribution in [3.05, 3.63) is 47.8 Å². The quantitative estimate of drug-likeness (QED) is 0.666. The minimum atomic E-state index is -4.31. The van der Waals surface area contributed by atoms with Crippen molar-refractivity contribution in [2.45, 2.75) is 18.8 Å². The zero-order valence-corrected chi connectivity index (χ0v) is 17.9. The first-order valence-electron chi connectivity index (χ1n) is 9.98. The van der Waals surface area contributed by atoms with Crippen molar-refractivity contribution in [3.63, 3.8) is 0 Å². The van der Waals surface area contributed by atoms with Gasteiger partial charge in [-0.1, -0.05) is 12.1 Å². The van der Waals surface area contributed by atoms with Crippen molar-refractivity contribution in [2.75, 3.05) is 50.4 Å². The van der Waals surface area contributed by atoms with Gasteiger partial charge in [0.15, 0.2) is 0 Å². The third-order valence-electron chi connectivity index (χ3n) is 5.44. The van der Waals surface area contributed by atoms with Crippen LogP contribution < -0.4 is 9.64 Å². The largest absolute Gasteiger partial charge is 0.471 e. The lowest BCUT2D eigenvalue weighted by Crippen LogP contribution is -2.53. The molecule has 2 aromatic rings. The summed E-state index contributed by atoms with van der Waals surface area (Å²) in [5.41, 5.74) is 0.202. The van der Waals surface area contributed by atoms with Gasteiger partial charge in [0, 0.05) is 52.1 Å². The summed E-state index contributed by atoms with van der Waals surface area (Å²) in [6, 6.07) is 5.25. The van der Waals surface area contributed by atoms with E-state index in [1.807, 2.05) is 4.31 Å². The zero-order valence-electron chi connectivity index (χ0n) is 17.1. The van der Waals surface area contributed by atoms with Crippen LogP contribution in [0.2, 0.25) is 0 Å². The summed E-state index contributed by atoms with van der Waals surface area (Å²) in [7, 11) is -0.948. The highest BCUT2D eigenvalue weighted by Gasteiger charge is 2.31. The summed E-state index contributed by atoms with van der Waals surface area (Å²) >= 11 is 0. The average Bonchev–Trinajstić information content (AvgIpc) is 2.72. The van der Waals surface area contributed by atoms with E-state index in [0.29, 0.717) is 25.5 Å². The fourth-order valence-corrected chi connectivity index (χ4v) is 4.34. The highest BCUT2D eigenvalue weighted by molar-refractivity contribution is 7.81. The summed E-state index contributed by atoms with van der Waals surface area (Å²) in [6.07, 6.45) is 0.657. The molecule has 2 aliphatic heterocycles. The Morgan fingerprint density at radius 3 is 2.29 bits per heavy atom. The molecule has 1 atom stereocenters. The second-order valence-electron chi connectivity index (χ2n) is 7.68. The Hall–Kier alpha value is -2.24. The number of anilines is 1. The fourth-order valence-electron chi connectivity index (χ4n) is 3.66. The summed E-state index contributed by atoms with van der Waals surface area (Å²) < 4.78 is 57.2. The number of benzene rings is 1. The molecule has 31 heavy (non-hydrogen) atoms. The van der Waals surface area contributed by atoms with Gasteiger partial charge in [0.05, 0.1) is 28.9 Å². The molecule has 11 heteroatoms. The minimum absolute atomic E-state index is 0.0160. The van der Waals surface area contributed by atoms with Gasteiger partial charge in [-0.3, -0.25) is 4.90 Å². The van der Waals surface area contributed by atoms with E-state index >= 15 is 0 Å². The molecular weight excluding hydrogens is 431 g/mol. The number of hydrogen-bond acceptors (Lipinski definition) is 6. The van der Waals surface area contributed by atoms with Gasteiger partial charge >= 0.3 is 6.18 Å². The first-order valence-corrected chi connectivity index (χ1v) is 11.5. The molecule has 2 saturated heterocycles. The molecule has 1 aromatic carbocycles. The summed E-state index contributed by atoms with van der Waals surface area (Å²) in [5, 5.41) is 0. The van der Waals surface area contributed by atoms with Crippen LogP contribution >= 0.6 is 0 Å². The van der Waals surface area contributed by atoms with E-state index in [4.69, 9.17) is 4.74 Å². The average molecular weight is 456 g/mol. The lowest BCUT2D eigenvalue weighted by molar-refractivity contribution is -0.137. The maximum atomic E-state index is 12.6. The highest BCUT2D eigenvalue weighted by atomic mass is 32.2. The van der Waals surface area contributed by atoms with Crippen LogP contribution in [-0.4, -0.2) is 75.0 Å². The van der Waals surface area contributed by atoms with Gasteiger partial charge in [-0.05, 0) is 17.7 Å². The maximum absolute atomic E-state index is 12.6. The first-order chi connectivity index (χ1) is 14.8. The molecule has 4 rings (SSSR count). The molecule has 0 spiro atoms. The van der Waals surface area contributed by atoms with E-state index in [9.17, 15) is 17.4 Å². The molecule has 0 saturated carbocycles. The number of hydrogen-bond donors (Lipinski definition) is 0. The SMILES string of the molecule is CS(=O)N1CCN(c2cnc(OC3CN(Cc4ccc(C(F)(F)F)cc4)C3)cn2)CC1. The van der Waals surface area contributed by atoms with Gasteiger partial charge in [0.2, 0.25) is 5.88 Å². The molecule has 2 aliphatic rings. The standard InChI is InChI=1S/C20H24F3N5O2S/c1-31(29)28-8-6-27(7-9-28)18-10-25-19(11-24-18)30-17-13-26(14-17)12-15-2-4-16(5-3-15)20(21,22)23/h2-5,10-11,17H,6-9,12-14H2,1H3. The normalized spacial score (nSPS) is 19.8. The summed E-state index contributed by atoms with van der Waals surface area (Å²) in [5.74, 6) is 1.22. The molecule has 1 aromatic heterocycles. The molecule has 0 aliphatic carbocycles. The van der Waals surface area contributed by atoms with Crippen molar-refractivity contribution in [2.24, 2.45) is 0 Å². The summed E-state index contributed by atoms with van der Waals surface area (Å²) in [6.45, 7) is 4.88. The minimum Gasteiger partial charge on any atom is -0.471 e. The topological polar surface area (TPSA) is 61.8 Å². The van der Waals surface area contributed by atoms with E-state index in [-0.39, 0.29) is 6.10 Å². The third kappa shape index (κ3) is 5.52. The Labute approximate surface area is 181 Å². The highest BCUT2D eigenvalue weighted by Crippen LogP contribution is 2.29. The lowest BCUT2D eigenvalue weighted by atomic mass is 10.1. The van der Waals surface area contributed by atoms with Gasteiger partial charge < -0.3 is 9.64 Å². The molecule has 2 fully saturated rings. The van der Waals surface area contributed by atoms with Crippen molar-refractivity contribution in [1.29, 1.82) is 0 Å². The summed E-state index contributed by atoms with van der Waals surface area (Å²) in [4.78, 5) is 13.0. The zero-order chi connectivity index (χ0) is 22.0. The molecule has 1 unspecified atom stereocenters. The number of halogens is 3. The van der Waals surface area contributed by atoms with Crippen LogP contribution in [0.1, 0.15) is 11.1 Å². The molecule has 168 valence electrons. The van der Waals surface area contributed by atoms with Crippen LogP contribution in [-0.2, 0) is 23.7 Å². The number of aromatic nitrogens is 2. The van der Waals surface area contributed by atoms with E-state index in [0.717, 1.165) is 49.7 Å². The molecule has 0 amide bonds. The first kappa shape index (κ1) is 22.0. The second-order valence-corrected chi connectivity index (χ2v) is 9.05. The number of likely N-dealkylation sites (tertiary alicyclic amines) is 1. The molecule has 3 heterocycles. The van der Waals surface area contributed by atoms with Crippen molar-refractivity contribution in [1.82, 2.24) is 19.2 Å². The molecule has 0 N–H and O–H groups in total. The van der Waals surface area contributed by atoms with Crippen LogP contribution in [0.5, 0.6) is 5.88 Å². The number of rotatable bonds is 6. The predicted octanol–water partition coefficient (Wildman–Crippen LogP) is 2.17. The maximum Gasteiger partial charge on any atom is 0.416 e. The molecule has 7 nitrogen and oxygen atoms in total. The van der Waals surface area contributed by atoms with Crippen molar-refractivity contribution < 1.29 is 22.1 Å². The Bertz CT molecular complexity index is 897. The van der Waals surface area contributed by atoms with Crippen LogP contribution in [0.15, 0.2) is 36.7 Å². The predicted molar refractivity (Wildman–Crippen MR) is 111 cm³/mol. The molecular formula is C20H24F3N5O2S. The van der Waals surface area contributed by atoms with E-state index in [1.165, 1.54) is 12.1 Å². The number of alkyl halides is 3. The Kier molecular flexibility index (Phi) is 6.44. The lowest BCUT2D eigenvalue weighted by Gasteiger charge is -2.38. The second kappa shape index (κ2) is 9.09. The van der Waals surface area contributed by atoms with Gasteiger partial charge in [0.1, 0.15) is 11.9 Å². The Morgan fingerprint density at radius 2 is 1.74 bits per heavy atom. The van der Waals surface area contributed by atoms with Gasteiger partial charge in [0.25, 0.3) is 0 Å². The molecule has 0 bridgehead atoms. The number of piperazine rings is 1. The van der Waals surface area contributed by atoms with E-state index in [2.05, 4.69) is 19.8 Å². The van der Waals surface area contributed by atoms with Crippen molar-refractivity contribution in [3.8, 4) is 5.88 Å². The van der Waals surface area contributed by atoms with Crippen LogP contribution in [0.3, 0.4) is 0 Å². The molecule has 0 radical (unpaired) electrons. The van der Waals surface area contributed by atoms with Gasteiger partial charge in [-0.15, -0.1) is 0 Å².